The minimum Gasteiger partial charge on any atom is -0.461 e. The van der Waals surface area contributed by atoms with E-state index in [-0.39, 0.29) is 12.5 Å². The molecular weight excluding hydrogens is 430 g/mol. The minimum atomic E-state index is -0.845. The second-order valence-corrected chi connectivity index (χ2v) is 9.29. The van der Waals surface area contributed by atoms with Crippen LogP contribution in [-0.4, -0.2) is 77.9 Å². The van der Waals surface area contributed by atoms with E-state index in [1.165, 1.54) is 17.8 Å². The molecule has 1 aromatic heterocycles. The highest BCUT2D eigenvalue weighted by Gasteiger charge is 2.78. The van der Waals surface area contributed by atoms with Crippen molar-refractivity contribution in [2.24, 2.45) is 11.8 Å². The van der Waals surface area contributed by atoms with Crippen molar-refractivity contribution in [1.82, 2.24) is 9.88 Å². The molecule has 3 unspecified atom stereocenters. The topological polar surface area (TPSA) is 108 Å². The minimum absolute atomic E-state index is 0.0632. The number of nitrogens with zero attached hydrogens (tertiary/aromatic N) is 4. The Morgan fingerprint density at radius 1 is 1.53 bits per heavy atom. The summed E-state index contributed by atoms with van der Waals surface area (Å²) in [5.41, 5.74) is 0.869. The molecule has 3 aliphatic rings. The molecule has 10 heteroatoms. The molecule has 32 heavy (non-hydrogen) atoms. The van der Waals surface area contributed by atoms with Gasteiger partial charge in [0.2, 0.25) is 5.91 Å². The lowest BCUT2D eigenvalue weighted by atomic mass is 10.3. The summed E-state index contributed by atoms with van der Waals surface area (Å²) in [5.74, 6) is -0.861. The number of rotatable bonds is 8. The van der Waals surface area contributed by atoms with Gasteiger partial charge < -0.3 is 24.6 Å². The summed E-state index contributed by atoms with van der Waals surface area (Å²) in [6.07, 6.45) is 3.24. The van der Waals surface area contributed by atoms with E-state index in [0.717, 1.165) is 24.6 Å². The Bertz CT molecular complexity index is 931. The number of aromatic nitrogens is 1. The van der Waals surface area contributed by atoms with Gasteiger partial charge in [-0.2, -0.15) is 5.26 Å². The van der Waals surface area contributed by atoms with Crippen LogP contribution in [0.15, 0.2) is 31.0 Å². The standard InChI is InChI=1S/C22H27N5O4S/c1-3-9-31-21(29)19-16(13-23)22(19)27(4-2)20(28)17(32-22)14-25-15-5-6-24-18(12-15)26-7-10-30-11-8-26/h3,5-6,12,16-17,19H,1,4,7-11,14H2,2H3,(H,24,25)/t16?,17?,19-,22?/m1/s1. The van der Waals surface area contributed by atoms with Crippen molar-refractivity contribution in [1.29, 1.82) is 5.26 Å². The molecule has 1 amide bonds. The molecule has 0 radical (unpaired) electrons. The largest absolute Gasteiger partial charge is 0.461 e. The molecule has 170 valence electrons. The van der Waals surface area contributed by atoms with Crippen LogP contribution in [-0.2, 0) is 19.1 Å². The van der Waals surface area contributed by atoms with Gasteiger partial charge in [-0.15, -0.1) is 11.8 Å². The molecule has 4 rings (SSSR count). The SMILES string of the molecule is C=CCOC(=O)[C@H]1C(C#N)C12SC(CNc1ccnc(N3CCOCC3)c1)C(=O)N2CC. The zero-order chi connectivity index (χ0) is 22.7. The Morgan fingerprint density at radius 2 is 2.31 bits per heavy atom. The summed E-state index contributed by atoms with van der Waals surface area (Å²) < 4.78 is 10.6. The predicted octanol–water partition coefficient (Wildman–Crippen LogP) is 1.49. The quantitative estimate of drug-likeness (QED) is 0.459. The van der Waals surface area contributed by atoms with Crippen molar-refractivity contribution < 1.29 is 19.1 Å². The number of morpholine rings is 1. The molecule has 9 nitrogen and oxygen atoms in total. The fourth-order valence-corrected chi connectivity index (χ4v) is 6.30. The maximum Gasteiger partial charge on any atom is 0.314 e. The smallest absolute Gasteiger partial charge is 0.314 e. The number of nitrogens with one attached hydrogen (secondary N) is 1. The summed E-state index contributed by atoms with van der Waals surface area (Å²) in [6, 6.07) is 6.05. The average molecular weight is 458 g/mol. The van der Waals surface area contributed by atoms with Crippen LogP contribution >= 0.6 is 11.8 Å². The second-order valence-electron chi connectivity index (χ2n) is 7.83. The molecule has 2 aliphatic heterocycles. The van der Waals surface area contributed by atoms with Crippen molar-refractivity contribution in [2.45, 2.75) is 17.0 Å². The zero-order valence-corrected chi connectivity index (χ0v) is 18.8. The van der Waals surface area contributed by atoms with Crippen LogP contribution in [0.1, 0.15) is 6.92 Å². The first-order valence-electron chi connectivity index (χ1n) is 10.8. The molecule has 1 aromatic rings. The Labute approximate surface area is 191 Å². The Morgan fingerprint density at radius 3 is 3.00 bits per heavy atom. The maximum absolute atomic E-state index is 13.1. The zero-order valence-electron chi connectivity index (χ0n) is 18.0. The molecular formula is C22H27N5O4S. The second kappa shape index (κ2) is 9.38. The number of pyridine rings is 1. The van der Waals surface area contributed by atoms with E-state index in [1.54, 1.807) is 11.1 Å². The van der Waals surface area contributed by atoms with Crippen molar-refractivity contribution in [3.05, 3.63) is 31.0 Å². The van der Waals surface area contributed by atoms with Crippen molar-refractivity contribution in [3.8, 4) is 6.07 Å². The monoisotopic (exact) mass is 457 g/mol. The lowest BCUT2D eigenvalue weighted by Crippen LogP contribution is -2.39. The number of ether oxygens (including phenoxy) is 2. The number of thioether (sulfide) groups is 1. The van der Waals surface area contributed by atoms with Gasteiger partial charge in [-0.1, -0.05) is 12.7 Å². The van der Waals surface area contributed by atoms with Gasteiger partial charge in [-0.05, 0) is 13.0 Å². The summed E-state index contributed by atoms with van der Waals surface area (Å²) in [6.45, 7) is 9.27. The van der Waals surface area contributed by atoms with Gasteiger partial charge in [0.15, 0.2) is 0 Å². The highest BCUT2D eigenvalue weighted by Crippen LogP contribution is 2.66. The first kappa shape index (κ1) is 22.4. The number of esters is 1. The van der Waals surface area contributed by atoms with E-state index in [0.29, 0.717) is 26.3 Å². The van der Waals surface area contributed by atoms with E-state index in [4.69, 9.17) is 9.47 Å². The number of carbonyl (C=O) groups excluding carboxylic acids is 2. The Kier molecular flexibility index (Phi) is 6.58. The van der Waals surface area contributed by atoms with E-state index < -0.39 is 27.9 Å². The number of nitriles is 1. The van der Waals surface area contributed by atoms with Crippen molar-refractivity contribution in [3.63, 3.8) is 0 Å². The van der Waals surface area contributed by atoms with Gasteiger partial charge in [0.25, 0.3) is 0 Å². The van der Waals surface area contributed by atoms with Crippen LogP contribution in [0, 0.1) is 23.2 Å². The number of carbonyl (C=O) groups is 2. The number of anilines is 2. The summed E-state index contributed by atoms with van der Waals surface area (Å²) >= 11 is 1.40. The predicted molar refractivity (Wildman–Crippen MR) is 121 cm³/mol. The first-order chi connectivity index (χ1) is 15.6. The first-order valence-corrected chi connectivity index (χ1v) is 11.6. The van der Waals surface area contributed by atoms with Crippen molar-refractivity contribution in [2.75, 3.05) is 56.2 Å². The lowest BCUT2D eigenvalue weighted by molar-refractivity contribution is -0.145. The fraction of sp³-hybridized carbons (Fsp3) is 0.545. The van der Waals surface area contributed by atoms with Gasteiger partial charge in [0.05, 0.1) is 25.2 Å². The molecule has 3 fully saturated rings. The molecule has 0 aromatic carbocycles. The molecule has 1 spiro atoms. The highest BCUT2D eigenvalue weighted by atomic mass is 32.2. The maximum atomic E-state index is 13.1. The molecule has 1 N–H and O–H groups in total. The highest BCUT2D eigenvalue weighted by molar-refractivity contribution is 8.02. The van der Waals surface area contributed by atoms with Gasteiger partial charge in [-0.25, -0.2) is 4.98 Å². The number of hydrogen-bond acceptors (Lipinski definition) is 9. The third kappa shape index (κ3) is 3.91. The van der Waals surface area contributed by atoms with Crippen LogP contribution in [0.5, 0.6) is 0 Å². The Balaban J connectivity index is 1.44. The van der Waals surface area contributed by atoms with Crippen LogP contribution in [0.2, 0.25) is 0 Å². The van der Waals surface area contributed by atoms with Crippen LogP contribution in [0.4, 0.5) is 11.5 Å². The van der Waals surface area contributed by atoms with E-state index in [2.05, 4.69) is 27.8 Å². The van der Waals surface area contributed by atoms with Gasteiger partial charge in [0.1, 0.15) is 28.5 Å². The van der Waals surface area contributed by atoms with E-state index >= 15 is 0 Å². The average Bonchev–Trinajstić information content (AvgIpc) is 3.39. The number of hydrogen-bond donors (Lipinski definition) is 1. The van der Waals surface area contributed by atoms with E-state index in [1.807, 2.05) is 19.1 Å². The molecule has 4 atom stereocenters. The normalized spacial score (nSPS) is 29.0. The Hall–Kier alpha value is -2.77. The van der Waals surface area contributed by atoms with Crippen molar-refractivity contribution >= 4 is 35.1 Å². The molecule has 0 bridgehead atoms. The summed E-state index contributed by atoms with van der Waals surface area (Å²) in [4.78, 5) is 33.1. The van der Waals surface area contributed by atoms with Crippen LogP contribution in [0.25, 0.3) is 0 Å². The van der Waals surface area contributed by atoms with Gasteiger partial charge in [-0.3, -0.25) is 9.59 Å². The summed E-state index contributed by atoms with van der Waals surface area (Å²) in [7, 11) is 0. The van der Waals surface area contributed by atoms with E-state index in [9.17, 15) is 14.9 Å². The lowest BCUT2D eigenvalue weighted by Gasteiger charge is -2.28. The van der Waals surface area contributed by atoms with Gasteiger partial charge >= 0.3 is 5.97 Å². The third-order valence-corrected chi connectivity index (χ3v) is 7.79. The van der Waals surface area contributed by atoms with Gasteiger partial charge in [0, 0.05) is 44.1 Å². The van der Waals surface area contributed by atoms with Crippen LogP contribution in [0.3, 0.4) is 0 Å². The third-order valence-electron chi connectivity index (χ3n) is 6.03. The molecule has 3 heterocycles. The summed E-state index contributed by atoms with van der Waals surface area (Å²) in [5, 5.41) is 12.6. The van der Waals surface area contributed by atoms with Crippen LogP contribution < -0.4 is 10.2 Å². The fourth-order valence-electron chi connectivity index (χ4n) is 4.46. The molecule has 2 saturated heterocycles. The molecule has 1 aliphatic carbocycles. The molecule has 1 saturated carbocycles. The number of amides is 1.